The number of aromatic nitrogens is 1. The van der Waals surface area contributed by atoms with E-state index >= 15 is 0 Å². The van der Waals surface area contributed by atoms with Crippen molar-refractivity contribution in [3.05, 3.63) is 53.2 Å². The highest BCUT2D eigenvalue weighted by molar-refractivity contribution is 6.34. The number of benzene rings is 1. The van der Waals surface area contributed by atoms with Gasteiger partial charge >= 0.3 is 5.97 Å². The van der Waals surface area contributed by atoms with Gasteiger partial charge in [-0.2, -0.15) is 0 Å². The van der Waals surface area contributed by atoms with Crippen LogP contribution in [0.2, 0.25) is 5.02 Å². The maximum absolute atomic E-state index is 11.6. The van der Waals surface area contributed by atoms with Gasteiger partial charge in [0.05, 0.1) is 17.2 Å². The third kappa shape index (κ3) is 2.62. The van der Waals surface area contributed by atoms with Gasteiger partial charge in [-0.1, -0.05) is 23.7 Å². The summed E-state index contributed by atoms with van der Waals surface area (Å²) >= 11 is 6.06. The summed E-state index contributed by atoms with van der Waals surface area (Å²) in [5.74, 6) is 0.319. The number of fused-ring (bicyclic) bond motifs is 1. The van der Waals surface area contributed by atoms with Crippen molar-refractivity contribution in [3.8, 4) is 11.3 Å². The van der Waals surface area contributed by atoms with Crippen molar-refractivity contribution in [2.45, 2.75) is 6.92 Å². The fraction of sp³-hybridized carbons (Fsp3) is 0.125. The quantitative estimate of drug-likeness (QED) is 0.676. The fourth-order valence-electron chi connectivity index (χ4n) is 2.03. The Morgan fingerprint density at radius 3 is 2.71 bits per heavy atom. The number of carbonyl (C=O) groups is 1. The van der Waals surface area contributed by atoms with Gasteiger partial charge in [-0.15, -0.1) is 0 Å². The van der Waals surface area contributed by atoms with Crippen molar-refractivity contribution in [2.24, 2.45) is 0 Å². The van der Waals surface area contributed by atoms with Crippen LogP contribution >= 0.6 is 11.6 Å². The Morgan fingerprint density at radius 1 is 1.29 bits per heavy atom. The minimum absolute atomic E-state index is 0.335. The second kappa shape index (κ2) is 5.58. The molecule has 21 heavy (non-hydrogen) atoms. The molecule has 2 heterocycles. The first-order valence-corrected chi connectivity index (χ1v) is 6.88. The summed E-state index contributed by atoms with van der Waals surface area (Å²) in [7, 11) is 0. The highest BCUT2D eigenvalue weighted by Gasteiger charge is 2.11. The summed E-state index contributed by atoms with van der Waals surface area (Å²) in [6.07, 6.45) is 1.63. The summed E-state index contributed by atoms with van der Waals surface area (Å²) in [6.45, 7) is 2.13. The number of hydrogen-bond donors (Lipinski definition) is 0. The normalized spacial score (nSPS) is 10.8. The Bertz CT molecular complexity index is 793. The third-order valence-electron chi connectivity index (χ3n) is 3.04. The average Bonchev–Trinajstić information content (AvgIpc) is 2.93. The molecule has 0 amide bonds. The van der Waals surface area contributed by atoms with Crippen LogP contribution in [-0.2, 0) is 4.74 Å². The van der Waals surface area contributed by atoms with E-state index < -0.39 is 0 Å². The lowest BCUT2D eigenvalue weighted by Crippen LogP contribution is -2.03. The van der Waals surface area contributed by atoms with E-state index in [-0.39, 0.29) is 5.97 Å². The van der Waals surface area contributed by atoms with Gasteiger partial charge in [0.2, 0.25) is 0 Å². The number of esters is 1. The van der Waals surface area contributed by atoms with Crippen LogP contribution in [0.3, 0.4) is 0 Å². The molecule has 4 nitrogen and oxygen atoms in total. The first kappa shape index (κ1) is 13.6. The van der Waals surface area contributed by atoms with Gasteiger partial charge in [0.1, 0.15) is 11.3 Å². The Kier molecular flexibility index (Phi) is 3.62. The number of nitrogens with zero attached hydrogens (tertiary/aromatic N) is 1. The lowest BCUT2D eigenvalue weighted by Gasteiger charge is -2.02. The minimum Gasteiger partial charge on any atom is -0.462 e. The second-order valence-corrected chi connectivity index (χ2v) is 4.82. The van der Waals surface area contributed by atoms with Crippen LogP contribution in [0.1, 0.15) is 17.3 Å². The van der Waals surface area contributed by atoms with Gasteiger partial charge in [0.25, 0.3) is 0 Å². The molecule has 0 aliphatic heterocycles. The van der Waals surface area contributed by atoms with E-state index in [0.717, 1.165) is 5.56 Å². The minimum atomic E-state index is -0.335. The monoisotopic (exact) mass is 301 g/mol. The Morgan fingerprint density at radius 2 is 2.05 bits per heavy atom. The molecule has 0 aliphatic rings. The third-order valence-corrected chi connectivity index (χ3v) is 3.34. The van der Waals surface area contributed by atoms with Crippen LogP contribution in [-0.4, -0.2) is 17.6 Å². The van der Waals surface area contributed by atoms with Crippen molar-refractivity contribution in [3.63, 3.8) is 0 Å². The van der Waals surface area contributed by atoms with Gasteiger partial charge in [0, 0.05) is 17.8 Å². The number of furan rings is 1. The summed E-state index contributed by atoms with van der Waals surface area (Å²) in [5, 5.41) is 0.523. The number of rotatable bonds is 3. The standard InChI is InChI=1S/C16H12ClNO3/c1-2-20-16(19)11-5-3-10(4-6-11)14-9-13-15(21-14)12(17)7-8-18-13/h3-9H,2H2,1H3. The summed E-state index contributed by atoms with van der Waals surface area (Å²) < 4.78 is 10.7. The molecular weight excluding hydrogens is 290 g/mol. The molecule has 1 aromatic carbocycles. The second-order valence-electron chi connectivity index (χ2n) is 4.42. The molecule has 0 spiro atoms. The van der Waals surface area contributed by atoms with Crippen molar-refractivity contribution in [1.29, 1.82) is 0 Å². The lowest BCUT2D eigenvalue weighted by atomic mass is 10.1. The number of ether oxygens (including phenoxy) is 1. The van der Waals surface area contributed by atoms with Gasteiger partial charge < -0.3 is 9.15 Å². The van der Waals surface area contributed by atoms with Crippen LogP contribution in [0.25, 0.3) is 22.4 Å². The molecule has 0 bridgehead atoms. The van der Waals surface area contributed by atoms with Crippen molar-refractivity contribution < 1.29 is 13.9 Å². The van der Waals surface area contributed by atoms with Crippen LogP contribution in [0.5, 0.6) is 0 Å². The zero-order valence-electron chi connectivity index (χ0n) is 11.3. The highest BCUT2D eigenvalue weighted by atomic mass is 35.5. The van der Waals surface area contributed by atoms with E-state index in [1.165, 1.54) is 0 Å². The number of pyridine rings is 1. The Balaban J connectivity index is 1.95. The highest BCUT2D eigenvalue weighted by Crippen LogP contribution is 2.30. The van der Waals surface area contributed by atoms with Crippen molar-refractivity contribution in [1.82, 2.24) is 4.98 Å². The van der Waals surface area contributed by atoms with Crippen LogP contribution in [0, 0.1) is 0 Å². The summed E-state index contributed by atoms with van der Waals surface area (Å²) in [4.78, 5) is 15.8. The molecule has 0 atom stereocenters. The first-order chi connectivity index (χ1) is 10.2. The zero-order valence-corrected chi connectivity index (χ0v) is 12.1. The van der Waals surface area contributed by atoms with Crippen LogP contribution in [0.15, 0.2) is 47.0 Å². The molecule has 0 fully saturated rings. The van der Waals surface area contributed by atoms with Crippen molar-refractivity contribution in [2.75, 3.05) is 6.61 Å². The Hall–Kier alpha value is -2.33. The number of hydrogen-bond acceptors (Lipinski definition) is 4. The average molecular weight is 302 g/mol. The van der Waals surface area contributed by atoms with E-state index in [4.69, 9.17) is 20.8 Å². The molecule has 0 N–H and O–H groups in total. The van der Waals surface area contributed by atoms with Gasteiger partial charge in [0.15, 0.2) is 5.58 Å². The van der Waals surface area contributed by atoms with E-state index in [2.05, 4.69) is 4.98 Å². The molecule has 5 heteroatoms. The molecule has 0 saturated carbocycles. The molecule has 0 aliphatic carbocycles. The molecule has 2 aromatic heterocycles. The van der Waals surface area contributed by atoms with Crippen LogP contribution < -0.4 is 0 Å². The predicted molar refractivity (Wildman–Crippen MR) is 80.4 cm³/mol. The molecule has 3 aromatic rings. The first-order valence-electron chi connectivity index (χ1n) is 6.50. The van der Waals surface area contributed by atoms with E-state index in [1.807, 2.05) is 6.07 Å². The number of carbonyl (C=O) groups excluding carboxylic acids is 1. The van der Waals surface area contributed by atoms with Gasteiger partial charge in [-0.25, -0.2) is 4.79 Å². The largest absolute Gasteiger partial charge is 0.462 e. The maximum atomic E-state index is 11.6. The van der Waals surface area contributed by atoms with E-state index in [9.17, 15) is 4.79 Å². The smallest absolute Gasteiger partial charge is 0.338 e. The van der Waals surface area contributed by atoms with Gasteiger partial charge in [-0.05, 0) is 25.1 Å². The molecule has 3 rings (SSSR count). The molecule has 106 valence electrons. The topological polar surface area (TPSA) is 52.3 Å². The SMILES string of the molecule is CCOC(=O)c1ccc(-c2cc3nccc(Cl)c3o2)cc1. The number of halogens is 1. The van der Waals surface area contributed by atoms with Gasteiger partial charge in [-0.3, -0.25) is 4.98 Å². The van der Waals surface area contributed by atoms with Crippen LogP contribution in [0.4, 0.5) is 0 Å². The molecule has 0 saturated heterocycles. The molecular formula is C16H12ClNO3. The predicted octanol–water partition coefficient (Wildman–Crippen LogP) is 4.32. The molecule has 0 unspecified atom stereocenters. The van der Waals surface area contributed by atoms with E-state index in [1.54, 1.807) is 43.5 Å². The lowest BCUT2D eigenvalue weighted by molar-refractivity contribution is 0.0526. The fourth-order valence-corrected chi connectivity index (χ4v) is 2.23. The molecule has 0 radical (unpaired) electrons. The summed E-state index contributed by atoms with van der Waals surface area (Å²) in [6, 6.07) is 10.5. The summed E-state index contributed by atoms with van der Waals surface area (Å²) in [5.41, 5.74) is 2.61. The van der Waals surface area contributed by atoms with Crippen molar-refractivity contribution >= 4 is 28.7 Å². The zero-order chi connectivity index (χ0) is 14.8. The van der Waals surface area contributed by atoms with E-state index in [0.29, 0.717) is 34.1 Å². The maximum Gasteiger partial charge on any atom is 0.338 e. The Labute approximate surface area is 126 Å².